The van der Waals surface area contributed by atoms with E-state index in [0.717, 1.165) is 4.31 Å². The Labute approximate surface area is 97.3 Å². The zero-order chi connectivity index (χ0) is 12.6. The van der Waals surface area contributed by atoms with Crippen LogP contribution in [0.2, 0.25) is 0 Å². The number of piperazine rings is 1. The first kappa shape index (κ1) is 11.7. The van der Waals surface area contributed by atoms with Crippen LogP contribution in [0.3, 0.4) is 0 Å². The molecule has 0 aliphatic carbocycles. The molecule has 0 bridgehead atoms. The van der Waals surface area contributed by atoms with Crippen molar-refractivity contribution in [3.8, 4) is 0 Å². The third-order valence-corrected chi connectivity index (χ3v) is 3.88. The number of nitrogens with zero attached hydrogens (tertiary/aromatic N) is 3. The summed E-state index contributed by atoms with van der Waals surface area (Å²) in [5.41, 5.74) is 0. The van der Waals surface area contributed by atoms with Gasteiger partial charge in [-0.25, -0.2) is 13.4 Å². The molecule has 0 spiro atoms. The van der Waals surface area contributed by atoms with Crippen LogP contribution < -0.4 is 5.32 Å². The topological polar surface area (TPSA) is 101 Å². The molecule has 1 aliphatic heterocycles. The zero-order valence-electron chi connectivity index (χ0n) is 8.95. The largest absolute Gasteiger partial charge is 0.339 e. The SMILES string of the molecule is Cn1cnc(S(=O)(=O)N2CC(=O)NC(=O)C2)c1. The van der Waals surface area contributed by atoms with Crippen molar-refractivity contribution in [2.45, 2.75) is 5.03 Å². The van der Waals surface area contributed by atoms with E-state index in [4.69, 9.17) is 0 Å². The Bertz CT molecular complexity index is 560. The molecule has 2 heterocycles. The molecule has 1 saturated heterocycles. The number of carbonyl (C=O) groups excluding carboxylic acids is 2. The Morgan fingerprint density at radius 1 is 1.29 bits per heavy atom. The number of hydrogen-bond acceptors (Lipinski definition) is 5. The first-order valence-electron chi connectivity index (χ1n) is 4.70. The molecule has 1 fully saturated rings. The number of amides is 2. The molecule has 8 nitrogen and oxygen atoms in total. The molecular formula is C8H10N4O4S. The molecule has 17 heavy (non-hydrogen) atoms. The number of imidazole rings is 1. The maximum Gasteiger partial charge on any atom is 0.263 e. The summed E-state index contributed by atoms with van der Waals surface area (Å²) in [7, 11) is -2.26. The predicted octanol–water partition coefficient (Wildman–Crippen LogP) is -1.93. The highest BCUT2D eigenvalue weighted by Crippen LogP contribution is 2.13. The summed E-state index contributed by atoms with van der Waals surface area (Å²) in [5, 5.41) is 1.85. The van der Waals surface area contributed by atoms with Gasteiger partial charge in [-0.1, -0.05) is 0 Å². The van der Waals surface area contributed by atoms with Crippen molar-refractivity contribution in [3.05, 3.63) is 12.5 Å². The van der Waals surface area contributed by atoms with Crippen LogP contribution in [0.1, 0.15) is 0 Å². The summed E-state index contributed by atoms with van der Waals surface area (Å²) < 4.78 is 26.3. The molecule has 1 aromatic rings. The summed E-state index contributed by atoms with van der Waals surface area (Å²) in [6, 6.07) is 0. The van der Waals surface area contributed by atoms with E-state index in [2.05, 4.69) is 4.98 Å². The fourth-order valence-corrected chi connectivity index (χ4v) is 2.75. The van der Waals surface area contributed by atoms with Crippen LogP contribution >= 0.6 is 0 Å². The standard InChI is InChI=1S/C8H10N4O4S/c1-11-4-8(9-5-11)17(15,16)12-2-6(13)10-7(14)3-12/h4-5H,2-3H2,1H3,(H,10,13,14). The van der Waals surface area contributed by atoms with Crippen molar-refractivity contribution < 1.29 is 18.0 Å². The Kier molecular flexibility index (Phi) is 2.71. The first-order valence-corrected chi connectivity index (χ1v) is 6.14. The molecule has 1 N–H and O–H groups in total. The average Bonchev–Trinajstić information content (AvgIpc) is 2.64. The lowest BCUT2D eigenvalue weighted by Gasteiger charge is -2.23. The van der Waals surface area contributed by atoms with Gasteiger partial charge in [0, 0.05) is 13.2 Å². The third kappa shape index (κ3) is 2.19. The van der Waals surface area contributed by atoms with Crippen LogP contribution in [0.25, 0.3) is 0 Å². The monoisotopic (exact) mass is 258 g/mol. The Morgan fingerprint density at radius 2 is 1.88 bits per heavy atom. The highest BCUT2D eigenvalue weighted by Gasteiger charge is 2.34. The lowest BCUT2D eigenvalue weighted by atomic mass is 10.4. The van der Waals surface area contributed by atoms with Gasteiger partial charge in [0.15, 0.2) is 5.03 Å². The van der Waals surface area contributed by atoms with Crippen LogP contribution in [0, 0.1) is 0 Å². The van der Waals surface area contributed by atoms with Gasteiger partial charge >= 0.3 is 0 Å². The predicted molar refractivity (Wildman–Crippen MR) is 55.1 cm³/mol. The van der Waals surface area contributed by atoms with Crippen molar-refractivity contribution in [3.63, 3.8) is 0 Å². The van der Waals surface area contributed by atoms with E-state index >= 15 is 0 Å². The maximum atomic E-state index is 12.0. The van der Waals surface area contributed by atoms with Crippen LogP contribution in [0.15, 0.2) is 17.6 Å². The van der Waals surface area contributed by atoms with Crippen LogP contribution in [-0.4, -0.2) is 47.2 Å². The minimum atomic E-state index is -3.89. The molecule has 0 unspecified atom stereocenters. The summed E-state index contributed by atoms with van der Waals surface area (Å²) in [5.74, 6) is -1.28. The summed E-state index contributed by atoms with van der Waals surface area (Å²) in [4.78, 5) is 25.9. The number of carbonyl (C=O) groups is 2. The van der Waals surface area contributed by atoms with Gasteiger partial charge in [0.05, 0.1) is 19.4 Å². The van der Waals surface area contributed by atoms with Gasteiger partial charge in [-0.2, -0.15) is 4.31 Å². The Balaban J connectivity index is 2.33. The summed E-state index contributed by atoms with van der Waals surface area (Å²) in [6.45, 7) is -0.741. The van der Waals surface area contributed by atoms with E-state index in [-0.39, 0.29) is 18.1 Å². The third-order valence-electron chi connectivity index (χ3n) is 2.20. The number of aromatic nitrogens is 2. The van der Waals surface area contributed by atoms with Crippen molar-refractivity contribution >= 4 is 21.8 Å². The van der Waals surface area contributed by atoms with Crippen LogP contribution in [-0.2, 0) is 26.7 Å². The molecular weight excluding hydrogens is 248 g/mol. The number of rotatable bonds is 2. The fraction of sp³-hybridized carbons (Fsp3) is 0.375. The van der Waals surface area contributed by atoms with Gasteiger partial charge in [-0.05, 0) is 0 Å². The number of nitrogens with one attached hydrogen (secondary N) is 1. The molecule has 9 heteroatoms. The van der Waals surface area contributed by atoms with Crippen molar-refractivity contribution in [1.82, 2.24) is 19.2 Å². The summed E-state index contributed by atoms with van der Waals surface area (Å²) in [6.07, 6.45) is 2.64. The van der Waals surface area contributed by atoms with E-state index in [1.807, 2.05) is 5.32 Å². The minimum Gasteiger partial charge on any atom is -0.339 e. The maximum absolute atomic E-state index is 12.0. The first-order chi connectivity index (χ1) is 7.89. The quantitative estimate of drug-likeness (QED) is 0.622. The molecule has 2 rings (SSSR count). The van der Waals surface area contributed by atoms with Gasteiger partial charge in [0.1, 0.15) is 0 Å². The van der Waals surface area contributed by atoms with E-state index < -0.39 is 21.8 Å². The zero-order valence-corrected chi connectivity index (χ0v) is 9.77. The number of sulfonamides is 1. The van der Waals surface area contributed by atoms with E-state index in [0.29, 0.717) is 0 Å². The molecule has 1 aromatic heterocycles. The Morgan fingerprint density at radius 3 is 2.35 bits per heavy atom. The lowest BCUT2D eigenvalue weighted by Crippen LogP contribution is -2.53. The number of imide groups is 1. The second kappa shape index (κ2) is 3.93. The van der Waals surface area contributed by atoms with E-state index in [1.54, 1.807) is 7.05 Å². The minimum absolute atomic E-state index is 0.178. The molecule has 0 radical (unpaired) electrons. The molecule has 0 saturated carbocycles. The van der Waals surface area contributed by atoms with Crippen molar-refractivity contribution in [1.29, 1.82) is 0 Å². The van der Waals surface area contributed by atoms with Crippen molar-refractivity contribution in [2.75, 3.05) is 13.1 Å². The Hall–Kier alpha value is -1.74. The van der Waals surface area contributed by atoms with Gasteiger partial charge in [0.25, 0.3) is 10.0 Å². The highest BCUT2D eigenvalue weighted by atomic mass is 32.2. The van der Waals surface area contributed by atoms with Gasteiger partial charge < -0.3 is 4.57 Å². The molecule has 1 aliphatic rings. The second-order valence-electron chi connectivity index (χ2n) is 3.62. The highest BCUT2D eigenvalue weighted by molar-refractivity contribution is 7.89. The van der Waals surface area contributed by atoms with E-state index in [9.17, 15) is 18.0 Å². The lowest BCUT2D eigenvalue weighted by molar-refractivity contribution is -0.134. The number of aryl methyl sites for hydroxylation is 1. The molecule has 92 valence electrons. The summed E-state index contributed by atoms with van der Waals surface area (Å²) >= 11 is 0. The molecule has 0 atom stereocenters. The van der Waals surface area contributed by atoms with Gasteiger partial charge in [0.2, 0.25) is 11.8 Å². The van der Waals surface area contributed by atoms with Crippen molar-refractivity contribution in [2.24, 2.45) is 7.05 Å². The van der Waals surface area contributed by atoms with Crippen LogP contribution in [0.4, 0.5) is 0 Å². The molecule has 0 aromatic carbocycles. The van der Waals surface area contributed by atoms with Crippen LogP contribution in [0.5, 0.6) is 0 Å². The fourth-order valence-electron chi connectivity index (χ4n) is 1.44. The normalized spacial score (nSPS) is 18.2. The number of hydrogen-bond donors (Lipinski definition) is 1. The second-order valence-corrected chi connectivity index (χ2v) is 5.51. The smallest absolute Gasteiger partial charge is 0.263 e. The van der Waals surface area contributed by atoms with E-state index in [1.165, 1.54) is 17.1 Å². The van der Waals surface area contributed by atoms with Gasteiger partial charge in [-0.3, -0.25) is 14.9 Å². The van der Waals surface area contributed by atoms with Gasteiger partial charge in [-0.15, -0.1) is 0 Å². The average molecular weight is 258 g/mol. The molecule has 2 amide bonds.